The van der Waals surface area contributed by atoms with E-state index in [0.717, 1.165) is 4.57 Å². The molecule has 0 spiro atoms. The molecule has 1 aromatic heterocycles. The minimum absolute atomic E-state index is 0.112. The van der Waals surface area contributed by atoms with E-state index >= 15 is 0 Å². The summed E-state index contributed by atoms with van der Waals surface area (Å²) in [7, 11) is -2.12. The molecular weight excluding hydrogens is 293 g/mol. The summed E-state index contributed by atoms with van der Waals surface area (Å²) in [4.78, 5) is 33.5. The van der Waals surface area contributed by atoms with Crippen LogP contribution in [-0.2, 0) is 4.74 Å². The smallest absolute Gasteiger partial charge is 0.354 e. The quantitative estimate of drug-likeness (QED) is 0.307. The molecule has 0 aliphatic carbocycles. The second-order valence-electron chi connectivity index (χ2n) is 3.84. The van der Waals surface area contributed by atoms with Gasteiger partial charge in [-0.05, 0) is 0 Å². The minimum atomic E-state index is -2.12. The number of aromatic nitrogens is 3. The van der Waals surface area contributed by atoms with Crippen molar-refractivity contribution in [2.45, 2.75) is 24.9 Å². The minimum Gasteiger partial charge on any atom is -0.394 e. The molecule has 0 unspecified atom stereocenters. The molecule has 2 rings (SSSR count). The molecule has 0 amide bonds. The summed E-state index contributed by atoms with van der Waals surface area (Å²) >= 11 is 0. The van der Waals surface area contributed by atoms with Crippen molar-refractivity contribution >= 4 is 14.5 Å². The first-order valence-corrected chi connectivity index (χ1v) is 6.74. The Morgan fingerprint density at radius 1 is 1.55 bits per heavy atom. The Morgan fingerprint density at radius 3 is 2.60 bits per heavy atom. The Kier molecular flexibility index (Phi) is 6.36. The molecule has 8 N–H and O–H groups in total. The van der Waals surface area contributed by atoms with Crippen molar-refractivity contribution in [3.05, 3.63) is 16.8 Å². The van der Waals surface area contributed by atoms with Crippen LogP contribution in [-0.4, -0.2) is 53.3 Å². The number of aliphatic hydroxyl groups excluding tert-OH is 2. The molecule has 0 aromatic carbocycles. The summed E-state index contributed by atoms with van der Waals surface area (Å²) in [5, 5.41) is 18.4. The number of rotatable bonds is 2. The second-order valence-corrected chi connectivity index (χ2v) is 4.48. The fraction of sp³-hybridized carbons (Fsp3) is 0.625. The lowest BCUT2D eigenvalue weighted by Gasteiger charge is -2.13. The van der Waals surface area contributed by atoms with Crippen LogP contribution in [0, 0.1) is 0 Å². The fourth-order valence-electron chi connectivity index (χ4n) is 1.60. The van der Waals surface area contributed by atoms with Gasteiger partial charge in [0.05, 0.1) is 12.7 Å². The molecule has 1 saturated heterocycles. The number of nitrogens with zero attached hydrogens (tertiary/aromatic N) is 3. The van der Waals surface area contributed by atoms with E-state index in [1.54, 1.807) is 0 Å². The number of anilines is 1. The van der Waals surface area contributed by atoms with Crippen molar-refractivity contribution in [3.63, 3.8) is 0 Å². The molecule has 1 aromatic rings. The maximum Gasteiger partial charge on any atom is 0.354 e. The number of aliphatic hydroxyl groups is 2. The Hall–Kier alpha value is -1.20. The van der Waals surface area contributed by atoms with Crippen LogP contribution >= 0.6 is 8.53 Å². The van der Waals surface area contributed by atoms with E-state index in [0.29, 0.717) is 0 Å². The predicted octanol–water partition coefficient (Wildman–Crippen LogP) is -2.98. The van der Waals surface area contributed by atoms with Gasteiger partial charge in [0, 0.05) is 6.42 Å². The van der Waals surface area contributed by atoms with Crippen LogP contribution in [0.2, 0.25) is 0 Å². The number of nitrogen functional groups attached to an aromatic ring is 1. The molecule has 3 atom stereocenters. The zero-order valence-corrected chi connectivity index (χ0v) is 11.2. The van der Waals surface area contributed by atoms with Gasteiger partial charge in [0.25, 0.3) is 0 Å². The predicted molar refractivity (Wildman–Crippen MR) is 67.9 cm³/mol. The highest BCUT2D eigenvalue weighted by Crippen LogP contribution is 2.26. The first kappa shape index (κ1) is 16.9. The van der Waals surface area contributed by atoms with E-state index in [9.17, 15) is 9.90 Å². The monoisotopic (exact) mass is 309 g/mol. The SMILES string of the molecule is NP(O)O.Nc1ncn([C@H]2C[C@H](O)[C@@H](CO)O2)c(=O)n1. The van der Waals surface area contributed by atoms with Crippen LogP contribution in [0.25, 0.3) is 0 Å². The number of hydrogen-bond acceptors (Lipinski definition) is 10. The first-order valence-electron chi connectivity index (χ1n) is 5.42. The lowest BCUT2D eigenvalue weighted by Crippen LogP contribution is -2.28. The van der Waals surface area contributed by atoms with E-state index in [1.165, 1.54) is 6.33 Å². The van der Waals surface area contributed by atoms with Crippen molar-refractivity contribution in [3.8, 4) is 0 Å². The molecule has 11 nitrogen and oxygen atoms in total. The third-order valence-corrected chi connectivity index (χ3v) is 2.44. The maximum absolute atomic E-state index is 11.4. The molecular formula is C8H16N5O6P. The van der Waals surface area contributed by atoms with Gasteiger partial charge in [-0.1, -0.05) is 0 Å². The highest BCUT2D eigenvalue weighted by atomic mass is 31.2. The Balaban J connectivity index is 0.000000444. The van der Waals surface area contributed by atoms with Crippen LogP contribution in [0.15, 0.2) is 11.1 Å². The average Bonchev–Trinajstić information content (AvgIpc) is 2.69. The van der Waals surface area contributed by atoms with Crippen LogP contribution in [0.1, 0.15) is 12.6 Å². The lowest BCUT2D eigenvalue weighted by atomic mass is 10.2. The van der Waals surface area contributed by atoms with E-state index in [4.69, 9.17) is 25.4 Å². The van der Waals surface area contributed by atoms with E-state index in [2.05, 4.69) is 15.5 Å². The third-order valence-electron chi connectivity index (χ3n) is 2.44. The van der Waals surface area contributed by atoms with Crippen LogP contribution in [0.3, 0.4) is 0 Å². The summed E-state index contributed by atoms with van der Waals surface area (Å²) in [6.45, 7) is -0.303. The van der Waals surface area contributed by atoms with Crippen LogP contribution in [0.4, 0.5) is 5.95 Å². The number of ether oxygens (including phenoxy) is 1. The molecule has 114 valence electrons. The fourth-order valence-corrected chi connectivity index (χ4v) is 1.60. The van der Waals surface area contributed by atoms with E-state index < -0.39 is 32.7 Å². The van der Waals surface area contributed by atoms with Crippen molar-refractivity contribution in [2.24, 2.45) is 5.50 Å². The summed E-state index contributed by atoms with van der Waals surface area (Å²) < 4.78 is 6.41. The van der Waals surface area contributed by atoms with Crippen molar-refractivity contribution in [1.82, 2.24) is 14.5 Å². The molecule has 0 saturated carbocycles. The van der Waals surface area contributed by atoms with E-state index in [-0.39, 0.29) is 19.0 Å². The number of nitrogens with two attached hydrogens (primary N) is 2. The zero-order valence-electron chi connectivity index (χ0n) is 10.3. The summed E-state index contributed by atoms with van der Waals surface area (Å²) in [6, 6.07) is 0. The van der Waals surface area contributed by atoms with Gasteiger partial charge in [-0.3, -0.25) is 10.1 Å². The van der Waals surface area contributed by atoms with Crippen LogP contribution in [0.5, 0.6) is 0 Å². The van der Waals surface area contributed by atoms with Gasteiger partial charge in [0.2, 0.25) is 14.5 Å². The molecule has 20 heavy (non-hydrogen) atoms. The highest BCUT2D eigenvalue weighted by Gasteiger charge is 2.35. The van der Waals surface area contributed by atoms with Crippen LogP contribution < -0.4 is 16.9 Å². The Bertz CT molecular complexity index is 482. The van der Waals surface area contributed by atoms with E-state index in [1.807, 2.05) is 0 Å². The van der Waals surface area contributed by atoms with Gasteiger partial charge in [0.1, 0.15) is 18.7 Å². The topological polar surface area (TPSA) is 190 Å². The Morgan fingerprint density at radius 2 is 2.15 bits per heavy atom. The Labute approximate surface area is 114 Å². The molecule has 1 aliphatic rings. The molecule has 1 fully saturated rings. The zero-order chi connectivity index (χ0) is 15.3. The van der Waals surface area contributed by atoms with Gasteiger partial charge in [-0.2, -0.15) is 4.98 Å². The lowest BCUT2D eigenvalue weighted by molar-refractivity contribution is -0.0462. The molecule has 1 aliphatic heterocycles. The summed E-state index contributed by atoms with van der Waals surface area (Å²) in [6.07, 6.45) is -0.741. The highest BCUT2D eigenvalue weighted by molar-refractivity contribution is 7.42. The van der Waals surface area contributed by atoms with Gasteiger partial charge in [-0.15, -0.1) is 0 Å². The van der Waals surface area contributed by atoms with Gasteiger partial charge in [-0.25, -0.2) is 9.78 Å². The standard InChI is InChI=1S/C8H12N4O4.H4NO2P/c9-7-10-3-12(8(15)11-7)6-1-4(14)5(2-13)16-6;1-4(2)3/h3-6,13-14H,1-2H2,(H2,9,11,15);2-3H,1H2/t4-,5+,6+;/m0./s1. The average molecular weight is 309 g/mol. The molecule has 2 heterocycles. The molecule has 0 radical (unpaired) electrons. The summed E-state index contributed by atoms with van der Waals surface area (Å²) in [5.74, 6) is -0.112. The van der Waals surface area contributed by atoms with Gasteiger partial charge in [0.15, 0.2) is 0 Å². The summed E-state index contributed by atoms with van der Waals surface area (Å²) in [5.41, 5.74) is 8.93. The van der Waals surface area contributed by atoms with Gasteiger partial charge < -0.3 is 30.5 Å². The van der Waals surface area contributed by atoms with Gasteiger partial charge >= 0.3 is 5.69 Å². The largest absolute Gasteiger partial charge is 0.394 e. The molecule has 12 heteroatoms. The van der Waals surface area contributed by atoms with Crippen molar-refractivity contribution < 1.29 is 24.7 Å². The third kappa shape index (κ3) is 4.72. The molecule has 0 bridgehead atoms. The first-order chi connectivity index (χ1) is 9.35. The normalized spacial score (nSPS) is 25.4. The second kappa shape index (κ2) is 7.55. The van der Waals surface area contributed by atoms with Crippen molar-refractivity contribution in [1.29, 1.82) is 0 Å². The maximum atomic E-state index is 11.4. The van der Waals surface area contributed by atoms with Crippen molar-refractivity contribution in [2.75, 3.05) is 12.3 Å². The number of hydrogen-bond donors (Lipinski definition) is 6.